The fourth-order valence-corrected chi connectivity index (χ4v) is 1.15. The van der Waals surface area contributed by atoms with E-state index in [1.54, 1.807) is 0 Å². The summed E-state index contributed by atoms with van der Waals surface area (Å²) in [5, 5.41) is 16.8. The summed E-state index contributed by atoms with van der Waals surface area (Å²) in [5.41, 5.74) is -1.33. The van der Waals surface area contributed by atoms with E-state index in [1.165, 1.54) is 0 Å². The standard InChI is InChI=1S/C8H6ClF3O2/c9-6-2-1-4(7(13)14)3-5(6)8(10,11)12/h1-3,7,13-14H. The molecule has 6 heteroatoms. The summed E-state index contributed by atoms with van der Waals surface area (Å²) in [6, 6.07) is 2.69. The minimum Gasteiger partial charge on any atom is -0.364 e. The van der Waals surface area contributed by atoms with Gasteiger partial charge in [0.25, 0.3) is 0 Å². The second-order valence-electron chi connectivity index (χ2n) is 2.61. The molecule has 0 aliphatic rings. The van der Waals surface area contributed by atoms with Gasteiger partial charge in [-0.15, -0.1) is 0 Å². The molecule has 0 radical (unpaired) electrons. The van der Waals surface area contributed by atoms with E-state index in [2.05, 4.69) is 0 Å². The van der Waals surface area contributed by atoms with E-state index in [0.29, 0.717) is 6.07 Å². The van der Waals surface area contributed by atoms with Crippen LogP contribution in [-0.4, -0.2) is 10.2 Å². The molecule has 14 heavy (non-hydrogen) atoms. The summed E-state index contributed by atoms with van der Waals surface area (Å²) in [6.45, 7) is 0. The number of alkyl halides is 3. The molecule has 1 aromatic carbocycles. The topological polar surface area (TPSA) is 40.5 Å². The third-order valence-corrected chi connectivity index (χ3v) is 1.92. The Morgan fingerprint density at radius 3 is 2.21 bits per heavy atom. The lowest BCUT2D eigenvalue weighted by atomic mass is 10.1. The number of aliphatic hydroxyl groups excluding tert-OH is 1. The van der Waals surface area contributed by atoms with Gasteiger partial charge in [0.05, 0.1) is 10.6 Å². The van der Waals surface area contributed by atoms with E-state index >= 15 is 0 Å². The van der Waals surface area contributed by atoms with Crippen LogP contribution in [0.15, 0.2) is 18.2 Å². The molecule has 0 aromatic heterocycles. The molecule has 78 valence electrons. The number of hydrogen-bond acceptors (Lipinski definition) is 2. The normalized spacial score (nSPS) is 12.2. The molecule has 2 N–H and O–H groups in total. The number of hydrogen-bond donors (Lipinski definition) is 2. The van der Waals surface area contributed by atoms with E-state index in [4.69, 9.17) is 21.8 Å². The van der Waals surface area contributed by atoms with Crippen molar-refractivity contribution in [3.8, 4) is 0 Å². The van der Waals surface area contributed by atoms with E-state index in [0.717, 1.165) is 12.1 Å². The van der Waals surface area contributed by atoms with Crippen molar-refractivity contribution in [2.24, 2.45) is 0 Å². The van der Waals surface area contributed by atoms with Gasteiger partial charge in [-0.25, -0.2) is 0 Å². The number of rotatable bonds is 1. The summed E-state index contributed by atoms with van der Waals surface area (Å²) in [7, 11) is 0. The van der Waals surface area contributed by atoms with Crippen molar-refractivity contribution >= 4 is 11.6 Å². The maximum absolute atomic E-state index is 12.2. The second kappa shape index (κ2) is 3.76. The summed E-state index contributed by atoms with van der Waals surface area (Å²) >= 11 is 5.30. The van der Waals surface area contributed by atoms with E-state index in [9.17, 15) is 13.2 Å². The van der Waals surface area contributed by atoms with Crippen molar-refractivity contribution < 1.29 is 23.4 Å². The SMILES string of the molecule is OC(O)c1ccc(Cl)c(C(F)(F)F)c1. The largest absolute Gasteiger partial charge is 0.417 e. The van der Waals surface area contributed by atoms with E-state index in [1.807, 2.05) is 0 Å². The molecule has 0 aliphatic carbocycles. The molecule has 2 nitrogen and oxygen atoms in total. The third kappa shape index (κ3) is 2.37. The lowest BCUT2D eigenvalue weighted by molar-refractivity contribution is -0.137. The zero-order chi connectivity index (χ0) is 10.9. The first-order chi connectivity index (χ1) is 6.32. The Bertz CT molecular complexity index is 336. The molecule has 0 atom stereocenters. The predicted molar refractivity (Wildman–Crippen MR) is 43.6 cm³/mol. The fraction of sp³-hybridized carbons (Fsp3) is 0.250. The van der Waals surface area contributed by atoms with Crippen molar-refractivity contribution in [2.75, 3.05) is 0 Å². The van der Waals surface area contributed by atoms with Crippen molar-refractivity contribution in [2.45, 2.75) is 12.5 Å². The van der Waals surface area contributed by atoms with Gasteiger partial charge in [-0.3, -0.25) is 0 Å². The number of halogens is 4. The Morgan fingerprint density at radius 2 is 1.79 bits per heavy atom. The Balaban J connectivity index is 3.22. The van der Waals surface area contributed by atoms with Crippen molar-refractivity contribution in [1.82, 2.24) is 0 Å². The lowest BCUT2D eigenvalue weighted by Crippen LogP contribution is -2.07. The van der Waals surface area contributed by atoms with Crippen LogP contribution in [0.3, 0.4) is 0 Å². The van der Waals surface area contributed by atoms with Crippen LogP contribution in [0.4, 0.5) is 13.2 Å². The van der Waals surface area contributed by atoms with Gasteiger partial charge < -0.3 is 10.2 Å². The first-order valence-corrected chi connectivity index (χ1v) is 3.93. The van der Waals surface area contributed by atoms with Crippen molar-refractivity contribution in [3.63, 3.8) is 0 Å². The monoisotopic (exact) mass is 226 g/mol. The molecule has 0 aliphatic heterocycles. The lowest BCUT2D eigenvalue weighted by Gasteiger charge is -2.11. The van der Waals surface area contributed by atoms with Crippen LogP contribution < -0.4 is 0 Å². The molecule has 0 amide bonds. The third-order valence-electron chi connectivity index (χ3n) is 1.59. The molecule has 0 heterocycles. The van der Waals surface area contributed by atoms with Crippen molar-refractivity contribution in [1.29, 1.82) is 0 Å². The van der Waals surface area contributed by atoms with Gasteiger partial charge in [-0.2, -0.15) is 13.2 Å². The number of benzene rings is 1. The minimum atomic E-state index is -4.60. The predicted octanol–water partition coefficient (Wildman–Crippen LogP) is 2.34. The Morgan fingerprint density at radius 1 is 1.21 bits per heavy atom. The van der Waals surface area contributed by atoms with E-state index in [-0.39, 0.29) is 5.56 Å². The van der Waals surface area contributed by atoms with Gasteiger partial charge in [-0.05, 0) is 12.1 Å². The van der Waals surface area contributed by atoms with Gasteiger partial charge in [0.2, 0.25) is 0 Å². The van der Waals surface area contributed by atoms with Crippen LogP contribution in [0.5, 0.6) is 0 Å². The molecule has 0 bridgehead atoms. The first kappa shape index (κ1) is 11.3. The van der Waals surface area contributed by atoms with Gasteiger partial charge in [-0.1, -0.05) is 17.7 Å². The summed E-state index contributed by atoms with van der Waals surface area (Å²) in [6.07, 6.45) is -6.53. The van der Waals surface area contributed by atoms with Gasteiger partial charge in [0.15, 0.2) is 6.29 Å². The Labute approximate surface area is 82.5 Å². The first-order valence-electron chi connectivity index (χ1n) is 3.55. The van der Waals surface area contributed by atoms with Crippen LogP contribution in [-0.2, 0) is 6.18 Å². The van der Waals surface area contributed by atoms with Gasteiger partial charge in [0.1, 0.15) is 0 Å². The molecule has 0 unspecified atom stereocenters. The molecule has 0 saturated heterocycles. The minimum absolute atomic E-state index is 0.248. The van der Waals surface area contributed by atoms with Gasteiger partial charge >= 0.3 is 6.18 Å². The zero-order valence-corrected chi connectivity index (χ0v) is 7.47. The summed E-state index contributed by atoms with van der Waals surface area (Å²) in [4.78, 5) is 0. The highest BCUT2D eigenvalue weighted by Gasteiger charge is 2.33. The Hall–Kier alpha value is -0.780. The van der Waals surface area contributed by atoms with Crippen molar-refractivity contribution in [3.05, 3.63) is 34.3 Å². The fourth-order valence-electron chi connectivity index (χ4n) is 0.921. The highest BCUT2D eigenvalue weighted by molar-refractivity contribution is 6.31. The molecule has 1 rings (SSSR count). The maximum Gasteiger partial charge on any atom is 0.417 e. The van der Waals surface area contributed by atoms with Crippen LogP contribution >= 0.6 is 11.6 Å². The second-order valence-corrected chi connectivity index (χ2v) is 3.02. The molecule has 0 spiro atoms. The molecular weight excluding hydrogens is 221 g/mol. The molecule has 0 fully saturated rings. The highest BCUT2D eigenvalue weighted by Crippen LogP contribution is 2.35. The van der Waals surface area contributed by atoms with Crippen LogP contribution in [0, 0.1) is 0 Å². The number of aliphatic hydroxyl groups is 2. The molecular formula is C8H6ClF3O2. The molecule has 0 saturated carbocycles. The quantitative estimate of drug-likeness (QED) is 0.722. The maximum atomic E-state index is 12.2. The smallest absolute Gasteiger partial charge is 0.364 e. The highest BCUT2D eigenvalue weighted by atomic mass is 35.5. The summed E-state index contributed by atoms with van der Waals surface area (Å²) in [5.74, 6) is 0. The van der Waals surface area contributed by atoms with Crippen LogP contribution in [0.2, 0.25) is 5.02 Å². The molecule has 1 aromatic rings. The van der Waals surface area contributed by atoms with Crippen LogP contribution in [0.25, 0.3) is 0 Å². The van der Waals surface area contributed by atoms with Crippen LogP contribution in [0.1, 0.15) is 17.4 Å². The van der Waals surface area contributed by atoms with E-state index < -0.39 is 23.1 Å². The Kier molecular flexibility index (Phi) is 3.04. The average molecular weight is 227 g/mol. The zero-order valence-electron chi connectivity index (χ0n) is 6.72. The average Bonchev–Trinajstić information content (AvgIpc) is 2.02. The van der Waals surface area contributed by atoms with Gasteiger partial charge in [0, 0.05) is 5.56 Å². The summed E-state index contributed by atoms with van der Waals surface area (Å²) < 4.78 is 36.7.